The predicted molar refractivity (Wildman–Crippen MR) is 99.3 cm³/mol. The average molecular weight is 349 g/mol. The molecular weight excluding hydrogens is 326 g/mol. The Hall–Kier alpha value is -2.56. The van der Waals surface area contributed by atoms with E-state index < -0.39 is 0 Å². The van der Waals surface area contributed by atoms with Crippen molar-refractivity contribution in [1.29, 1.82) is 0 Å². The first kappa shape index (κ1) is 16.9. The van der Waals surface area contributed by atoms with Gasteiger partial charge in [0.1, 0.15) is 0 Å². The lowest BCUT2D eigenvalue weighted by molar-refractivity contribution is -0.117. The number of aromatic nitrogens is 2. The van der Waals surface area contributed by atoms with E-state index in [9.17, 15) is 9.59 Å². The fourth-order valence-electron chi connectivity index (χ4n) is 3.45. The van der Waals surface area contributed by atoms with Gasteiger partial charge in [0.05, 0.1) is 11.3 Å². The van der Waals surface area contributed by atoms with E-state index in [0.29, 0.717) is 30.3 Å². The number of nitrogens with one attached hydrogen (secondary N) is 1. The Kier molecular flexibility index (Phi) is 4.31. The van der Waals surface area contributed by atoms with E-state index in [1.165, 1.54) is 5.56 Å². The first-order chi connectivity index (χ1) is 12.5. The average Bonchev–Trinajstić information content (AvgIpc) is 3.46. The van der Waals surface area contributed by atoms with Crippen LogP contribution in [0.2, 0.25) is 0 Å². The Balaban J connectivity index is 1.55. The van der Waals surface area contributed by atoms with Crippen LogP contribution in [-0.2, 0) is 11.2 Å². The zero-order chi connectivity index (χ0) is 18.3. The van der Waals surface area contributed by atoms with Gasteiger partial charge in [-0.25, -0.2) is 9.97 Å². The third-order valence-electron chi connectivity index (χ3n) is 5.30. The minimum absolute atomic E-state index is 0.0205. The molecule has 1 heterocycles. The van der Waals surface area contributed by atoms with Crippen molar-refractivity contribution < 1.29 is 9.59 Å². The summed E-state index contributed by atoms with van der Waals surface area (Å²) >= 11 is 0. The number of hydrogen-bond acceptors (Lipinski definition) is 4. The number of carbonyl (C=O) groups is 2. The predicted octanol–water partition coefficient (Wildman–Crippen LogP) is 3.86. The number of hydrogen-bond donors (Lipinski definition) is 1. The Morgan fingerprint density at radius 1 is 1.15 bits per heavy atom. The van der Waals surface area contributed by atoms with Crippen LogP contribution in [-0.4, -0.2) is 21.7 Å². The monoisotopic (exact) mass is 349 g/mol. The lowest BCUT2D eigenvalue weighted by atomic mass is 9.81. The molecular formula is C21H23N3O2. The summed E-state index contributed by atoms with van der Waals surface area (Å²) in [7, 11) is 0. The maximum absolute atomic E-state index is 12.5. The molecule has 2 aliphatic rings. The van der Waals surface area contributed by atoms with Crippen molar-refractivity contribution in [2.24, 2.45) is 5.92 Å². The maximum Gasteiger partial charge on any atom is 0.229 e. The number of anilines is 1. The molecule has 0 saturated heterocycles. The van der Waals surface area contributed by atoms with Crippen LogP contribution in [0.15, 0.2) is 30.5 Å². The summed E-state index contributed by atoms with van der Waals surface area (Å²) in [5, 5.41) is 2.77. The highest BCUT2D eigenvalue weighted by Gasteiger charge is 2.31. The van der Waals surface area contributed by atoms with Crippen molar-refractivity contribution in [3.63, 3.8) is 0 Å². The van der Waals surface area contributed by atoms with Gasteiger partial charge in [-0.15, -0.1) is 0 Å². The van der Waals surface area contributed by atoms with Gasteiger partial charge >= 0.3 is 0 Å². The molecule has 1 saturated carbocycles. The van der Waals surface area contributed by atoms with Crippen molar-refractivity contribution in [2.75, 3.05) is 5.32 Å². The molecule has 5 nitrogen and oxygen atoms in total. The number of nitrogens with zero attached hydrogens (tertiary/aromatic N) is 2. The highest BCUT2D eigenvalue weighted by atomic mass is 16.2. The molecule has 2 aromatic rings. The van der Waals surface area contributed by atoms with Gasteiger partial charge in [-0.05, 0) is 42.2 Å². The summed E-state index contributed by atoms with van der Waals surface area (Å²) < 4.78 is 0. The van der Waals surface area contributed by atoms with Crippen molar-refractivity contribution >= 4 is 17.6 Å². The number of carbonyl (C=O) groups excluding carboxylic acids is 2. The molecule has 1 atom stereocenters. The third kappa shape index (κ3) is 3.39. The molecule has 1 aromatic heterocycles. The molecule has 2 aliphatic carbocycles. The third-order valence-corrected chi connectivity index (χ3v) is 5.30. The van der Waals surface area contributed by atoms with Crippen LogP contribution < -0.4 is 5.32 Å². The standard InChI is InChI=1S/C21H23N3O2/c1-12(2)13-3-5-14(6-4-13)16-9-18-17(19(25)10-16)11-22-21(23-18)24-20(26)15-7-8-15/h3-6,11-12,15-16H,7-10H2,1-2H3,(H,22,23,24,26)/t16-/m1/s1. The minimum atomic E-state index is -0.0205. The van der Waals surface area contributed by atoms with Gasteiger partial charge < -0.3 is 0 Å². The van der Waals surface area contributed by atoms with Crippen LogP contribution in [0.5, 0.6) is 0 Å². The number of ketones is 1. The van der Waals surface area contributed by atoms with Crippen LogP contribution in [0.25, 0.3) is 0 Å². The molecule has 1 aromatic carbocycles. The van der Waals surface area contributed by atoms with Gasteiger partial charge in [0.25, 0.3) is 0 Å². The molecule has 1 amide bonds. The van der Waals surface area contributed by atoms with Crippen molar-refractivity contribution in [3.05, 3.63) is 52.8 Å². The number of rotatable bonds is 4. The van der Waals surface area contributed by atoms with Gasteiger partial charge in [-0.3, -0.25) is 14.9 Å². The van der Waals surface area contributed by atoms with Crippen LogP contribution in [0.3, 0.4) is 0 Å². The van der Waals surface area contributed by atoms with Crippen LogP contribution in [0, 0.1) is 5.92 Å². The molecule has 1 N–H and O–H groups in total. The SMILES string of the molecule is CC(C)c1ccc([C@H]2CC(=O)c3cnc(NC(=O)C4CC4)nc3C2)cc1. The molecule has 1 fully saturated rings. The van der Waals surface area contributed by atoms with E-state index in [1.54, 1.807) is 6.20 Å². The summed E-state index contributed by atoms with van der Waals surface area (Å²) in [5.74, 6) is 1.08. The lowest BCUT2D eigenvalue weighted by Gasteiger charge is -2.23. The molecule has 0 spiro atoms. The number of amides is 1. The van der Waals surface area contributed by atoms with E-state index in [1.807, 2.05) is 0 Å². The van der Waals surface area contributed by atoms with Crippen molar-refractivity contribution in [1.82, 2.24) is 9.97 Å². The molecule has 26 heavy (non-hydrogen) atoms. The van der Waals surface area contributed by atoms with Crippen LogP contribution >= 0.6 is 0 Å². The van der Waals surface area contributed by atoms with Gasteiger partial charge in [0.15, 0.2) is 5.78 Å². The van der Waals surface area contributed by atoms with Gasteiger partial charge in [-0.1, -0.05) is 38.1 Å². The van der Waals surface area contributed by atoms with Crippen LogP contribution in [0.4, 0.5) is 5.95 Å². The second kappa shape index (κ2) is 6.63. The first-order valence-electron chi connectivity index (χ1n) is 9.31. The van der Waals surface area contributed by atoms with Gasteiger partial charge in [0, 0.05) is 18.5 Å². The van der Waals surface area contributed by atoms with Crippen molar-refractivity contribution in [3.8, 4) is 0 Å². The highest BCUT2D eigenvalue weighted by molar-refractivity contribution is 5.99. The largest absolute Gasteiger partial charge is 0.294 e. The smallest absolute Gasteiger partial charge is 0.229 e. The molecule has 5 heteroatoms. The number of benzene rings is 1. The molecule has 134 valence electrons. The Labute approximate surface area is 153 Å². The lowest BCUT2D eigenvalue weighted by Crippen LogP contribution is -2.22. The van der Waals surface area contributed by atoms with E-state index >= 15 is 0 Å². The second-order valence-corrected chi connectivity index (χ2v) is 7.67. The Morgan fingerprint density at radius 2 is 1.88 bits per heavy atom. The first-order valence-corrected chi connectivity index (χ1v) is 9.31. The molecule has 0 bridgehead atoms. The van der Waals surface area contributed by atoms with E-state index in [2.05, 4.69) is 53.4 Å². The fourth-order valence-corrected chi connectivity index (χ4v) is 3.45. The van der Waals surface area contributed by atoms with E-state index in [-0.39, 0.29) is 23.5 Å². The Bertz CT molecular complexity index is 854. The highest BCUT2D eigenvalue weighted by Crippen LogP contribution is 2.33. The quantitative estimate of drug-likeness (QED) is 0.910. The normalized spacial score (nSPS) is 19.3. The fraction of sp³-hybridized carbons (Fsp3) is 0.429. The maximum atomic E-state index is 12.5. The molecule has 0 radical (unpaired) electrons. The Morgan fingerprint density at radius 3 is 2.54 bits per heavy atom. The summed E-state index contributed by atoms with van der Waals surface area (Å²) in [6, 6.07) is 8.52. The number of Topliss-reactive ketones (excluding diaryl/α,β-unsaturated/α-hetero) is 1. The number of fused-ring (bicyclic) bond motifs is 1. The minimum Gasteiger partial charge on any atom is -0.294 e. The zero-order valence-corrected chi connectivity index (χ0v) is 15.2. The van der Waals surface area contributed by atoms with Crippen LogP contribution in [0.1, 0.15) is 72.1 Å². The summed E-state index contributed by atoms with van der Waals surface area (Å²) in [5.41, 5.74) is 3.78. The molecule has 4 rings (SSSR count). The summed E-state index contributed by atoms with van der Waals surface area (Å²) in [6.45, 7) is 4.34. The second-order valence-electron chi connectivity index (χ2n) is 7.67. The van der Waals surface area contributed by atoms with E-state index in [4.69, 9.17) is 0 Å². The zero-order valence-electron chi connectivity index (χ0n) is 15.2. The van der Waals surface area contributed by atoms with E-state index in [0.717, 1.165) is 24.1 Å². The van der Waals surface area contributed by atoms with Gasteiger partial charge in [0.2, 0.25) is 11.9 Å². The summed E-state index contributed by atoms with van der Waals surface area (Å²) in [4.78, 5) is 33.1. The topological polar surface area (TPSA) is 72.0 Å². The van der Waals surface area contributed by atoms with Gasteiger partial charge in [-0.2, -0.15) is 0 Å². The summed E-state index contributed by atoms with van der Waals surface area (Å²) in [6.07, 6.45) is 4.60. The molecule has 0 aliphatic heterocycles. The molecule has 0 unspecified atom stereocenters. The van der Waals surface area contributed by atoms with Crippen molar-refractivity contribution in [2.45, 2.75) is 51.4 Å².